The number of rotatable bonds is 4. The SMILES string of the molecule is CC(c1ccc(Nc2nc(C(F)(F)F)cs2)cc1)c1nsnc1Cl. The summed E-state index contributed by atoms with van der Waals surface area (Å²) in [6, 6.07) is 7.27. The molecule has 3 rings (SSSR count). The van der Waals surface area contributed by atoms with E-state index in [-0.39, 0.29) is 11.0 Å². The van der Waals surface area contributed by atoms with Crippen LogP contribution in [0, 0.1) is 0 Å². The molecule has 0 saturated heterocycles. The first-order valence-electron chi connectivity index (χ1n) is 6.72. The van der Waals surface area contributed by atoms with Crippen molar-refractivity contribution in [3.8, 4) is 0 Å². The van der Waals surface area contributed by atoms with E-state index in [0.717, 1.165) is 34.0 Å². The second-order valence-electron chi connectivity index (χ2n) is 4.94. The Hall–Kier alpha value is -1.71. The molecule has 2 aromatic heterocycles. The van der Waals surface area contributed by atoms with Crippen molar-refractivity contribution >= 4 is 45.5 Å². The van der Waals surface area contributed by atoms with Gasteiger partial charge in [0, 0.05) is 17.0 Å². The zero-order valence-corrected chi connectivity index (χ0v) is 14.5. The van der Waals surface area contributed by atoms with Gasteiger partial charge in [-0.15, -0.1) is 11.3 Å². The average Bonchev–Trinajstić information content (AvgIpc) is 3.16. The Morgan fingerprint density at radius 3 is 2.42 bits per heavy atom. The summed E-state index contributed by atoms with van der Waals surface area (Å²) in [5, 5.41) is 4.42. The van der Waals surface area contributed by atoms with Crippen molar-refractivity contribution in [2.45, 2.75) is 19.0 Å². The van der Waals surface area contributed by atoms with Crippen LogP contribution in [0.5, 0.6) is 0 Å². The van der Waals surface area contributed by atoms with Gasteiger partial charge in [0.1, 0.15) is 5.69 Å². The Labute approximate surface area is 148 Å². The molecule has 1 aromatic carbocycles. The van der Waals surface area contributed by atoms with Gasteiger partial charge in [-0.25, -0.2) is 4.98 Å². The molecule has 0 saturated carbocycles. The molecule has 126 valence electrons. The topological polar surface area (TPSA) is 50.7 Å². The fourth-order valence-corrected chi connectivity index (χ4v) is 3.66. The number of anilines is 2. The Bertz CT molecular complexity index is 829. The Kier molecular flexibility index (Phi) is 4.75. The molecule has 0 radical (unpaired) electrons. The quantitative estimate of drug-likeness (QED) is 0.633. The highest BCUT2D eigenvalue weighted by Crippen LogP contribution is 2.33. The summed E-state index contributed by atoms with van der Waals surface area (Å²) in [5.74, 6) is -0.0259. The summed E-state index contributed by atoms with van der Waals surface area (Å²) in [7, 11) is 0. The molecular weight excluding hydrogens is 381 g/mol. The summed E-state index contributed by atoms with van der Waals surface area (Å²) in [6.45, 7) is 1.96. The van der Waals surface area contributed by atoms with Crippen molar-refractivity contribution in [2.75, 3.05) is 5.32 Å². The first-order chi connectivity index (χ1) is 11.3. The molecule has 24 heavy (non-hydrogen) atoms. The molecule has 1 atom stereocenters. The summed E-state index contributed by atoms with van der Waals surface area (Å²) >= 11 is 7.95. The van der Waals surface area contributed by atoms with Crippen LogP contribution in [0.15, 0.2) is 29.6 Å². The summed E-state index contributed by atoms with van der Waals surface area (Å²) in [6.07, 6.45) is -4.43. The van der Waals surface area contributed by atoms with Crippen LogP contribution in [0.4, 0.5) is 24.0 Å². The van der Waals surface area contributed by atoms with Crippen LogP contribution in [-0.2, 0) is 6.18 Å². The predicted molar refractivity (Wildman–Crippen MR) is 89.3 cm³/mol. The monoisotopic (exact) mass is 390 g/mol. The van der Waals surface area contributed by atoms with Gasteiger partial charge in [-0.3, -0.25) is 0 Å². The number of alkyl halides is 3. The zero-order chi connectivity index (χ0) is 17.3. The normalized spacial score (nSPS) is 13.0. The molecule has 0 amide bonds. The number of hydrogen-bond acceptors (Lipinski definition) is 6. The molecule has 3 aromatic rings. The van der Waals surface area contributed by atoms with Gasteiger partial charge in [0.25, 0.3) is 0 Å². The molecule has 0 spiro atoms. The van der Waals surface area contributed by atoms with Crippen molar-refractivity contribution in [2.24, 2.45) is 0 Å². The second kappa shape index (κ2) is 6.66. The lowest BCUT2D eigenvalue weighted by atomic mass is 9.98. The van der Waals surface area contributed by atoms with Gasteiger partial charge in [-0.1, -0.05) is 30.7 Å². The van der Waals surface area contributed by atoms with Crippen LogP contribution < -0.4 is 5.32 Å². The smallest absolute Gasteiger partial charge is 0.332 e. The van der Waals surface area contributed by atoms with Crippen molar-refractivity contribution < 1.29 is 13.2 Å². The van der Waals surface area contributed by atoms with E-state index in [1.54, 1.807) is 12.1 Å². The van der Waals surface area contributed by atoms with E-state index in [2.05, 4.69) is 19.0 Å². The summed E-state index contributed by atoms with van der Waals surface area (Å²) in [5.41, 5.74) is 1.44. The maximum atomic E-state index is 12.5. The van der Waals surface area contributed by atoms with Crippen molar-refractivity contribution in [1.82, 2.24) is 13.7 Å². The maximum Gasteiger partial charge on any atom is 0.434 e. The van der Waals surface area contributed by atoms with E-state index in [1.807, 2.05) is 19.1 Å². The van der Waals surface area contributed by atoms with Crippen LogP contribution >= 0.6 is 34.7 Å². The van der Waals surface area contributed by atoms with Crippen molar-refractivity contribution in [3.05, 3.63) is 51.7 Å². The third kappa shape index (κ3) is 3.68. The highest BCUT2D eigenvalue weighted by Gasteiger charge is 2.33. The maximum absolute atomic E-state index is 12.5. The van der Waals surface area contributed by atoms with Gasteiger partial charge < -0.3 is 5.32 Å². The highest BCUT2D eigenvalue weighted by atomic mass is 35.5. The Morgan fingerprint density at radius 2 is 1.88 bits per heavy atom. The summed E-state index contributed by atoms with van der Waals surface area (Å²) < 4.78 is 45.8. The van der Waals surface area contributed by atoms with Gasteiger partial charge in [-0.2, -0.15) is 21.9 Å². The molecule has 0 bridgehead atoms. The van der Waals surface area contributed by atoms with E-state index >= 15 is 0 Å². The number of nitrogens with zero attached hydrogens (tertiary/aromatic N) is 3. The first kappa shape index (κ1) is 17.1. The first-order valence-corrected chi connectivity index (χ1v) is 8.71. The molecule has 2 heterocycles. The van der Waals surface area contributed by atoms with Crippen LogP contribution in [0.2, 0.25) is 5.15 Å². The second-order valence-corrected chi connectivity index (χ2v) is 6.69. The van der Waals surface area contributed by atoms with Crippen LogP contribution in [0.3, 0.4) is 0 Å². The largest absolute Gasteiger partial charge is 0.434 e. The van der Waals surface area contributed by atoms with Gasteiger partial charge >= 0.3 is 6.18 Å². The third-order valence-corrected chi connectivity index (χ3v) is 5.02. The van der Waals surface area contributed by atoms with Crippen LogP contribution in [-0.4, -0.2) is 13.7 Å². The van der Waals surface area contributed by atoms with E-state index in [9.17, 15) is 13.2 Å². The number of hydrogen-bond donors (Lipinski definition) is 1. The number of aromatic nitrogens is 3. The minimum absolute atomic E-state index is 0.0259. The Balaban J connectivity index is 1.73. The number of thiazole rings is 1. The Morgan fingerprint density at radius 1 is 1.17 bits per heavy atom. The minimum Gasteiger partial charge on any atom is -0.332 e. The lowest BCUT2D eigenvalue weighted by Crippen LogP contribution is -2.05. The van der Waals surface area contributed by atoms with E-state index in [4.69, 9.17) is 11.6 Å². The molecule has 0 aliphatic rings. The fourth-order valence-electron chi connectivity index (χ4n) is 2.04. The van der Waals surface area contributed by atoms with Crippen LogP contribution in [0.25, 0.3) is 0 Å². The molecule has 10 heteroatoms. The molecule has 0 fully saturated rings. The predicted octanol–water partition coefficient (Wildman–Crippen LogP) is 5.56. The molecule has 0 aliphatic heterocycles. The molecular formula is C14H10ClF3N4S2. The van der Waals surface area contributed by atoms with Crippen LogP contribution in [0.1, 0.15) is 29.8 Å². The standard InChI is InChI=1S/C14H10ClF3N4S2/c1-7(11-12(15)22-24-21-11)8-2-4-9(5-3-8)19-13-20-10(6-23-13)14(16,17)18/h2-7H,1H3,(H,19,20). The van der Waals surface area contributed by atoms with Gasteiger partial charge in [0.05, 0.1) is 11.7 Å². The van der Waals surface area contributed by atoms with Crippen molar-refractivity contribution in [3.63, 3.8) is 0 Å². The van der Waals surface area contributed by atoms with E-state index in [0.29, 0.717) is 16.5 Å². The van der Waals surface area contributed by atoms with E-state index in [1.165, 1.54) is 0 Å². The molecule has 0 aliphatic carbocycles. The third-order valence-electron chi connectivity index (χ3n) is 3.34. The zero-order valence-electron chi connectivity index (χ0n) is 12.1. The fraction of sp³-hybridized carbons (Fsp3) is 0.214. The molecule has 1 N–H and O–H groups in total. The van der Waals surface area contributed by atoms with Gasteiger partial charge in [0.15, 0.2) is 16.0 Å². The number of halogens is 4. The molecule has 1 unspecified atom stereocenters. The average molecular weight is 391 g/mol. The lowest BCUT2D eigenvalue weighted by molar-refractivity contribution is -0.140. The summed E-state index contributed by atoms with van der Waals surface area (Å²) in [4.78, 5) is 3.53. The van der Waals surface area contributed by atoms with Gasteiger partial charge in [0.2, 0.25) is 0 Å². The molecule has 4 nitrogen and oxygen atoms in total. The minimum atomic E-state index is -4.43. The number of benzene rings is 1. The lowest BCUT2D eigenvalue weighted by Gasteiger charge is -2.10. The van der Waals surface area contributed by atoms with Crippen molar-refractivity contribution in [1.29, 1.82) is 0 Å². The van der Waals surface area contributed by atoms with E-state index < -0.39 is 11.9 Å². The van der Waals surface area contributed by atoms with Gasteiger partial charge in [-0.05, 0) is 17.7 Å². The number of nitrogens with one attached hydrogen (secondary N) is 1. The highest BCUT2D eigenvalue weighted by molar-refractivity contribution is 7.13.